The minimum atomic E-state index is -1.09. The first kappa shape index (κ1) is 17.1. The molecule has 2 rings (SSSR count). The molecular weight excluding hydrogens is 294 g/mol. The first-order valence-corrected chi connectivity index (χ1v) is 7.73. The second-order valence-corrected chi connectivity index (χ2v) is 6.62. The van der Waals surface area contributed by atoms with Crippen molar-refractivity contribution in [2.24, 2.45) is 0 Å². The highest BCUT2D eigenvalue weighted by Gasteiger charge is 2.33. The van der Waals surface area contributed by atoms with Gasteiger partial charge in [-0.2, -0.15) is 0 Å². The summed E-state index contributed by atoms with van der Waals surface area (Å²) in [6.45, 7) is 9.75. The third-order valence-corrected chi connectivity index (χ3v) is 3.90. The van der Waals surface area contributed by atoms with E-state index in [9.17, 15) is 14.7 Å². The van der Waals surface area contributed by atoms with Crippen molar-refractivity contribution in [3.8, 4) is 0 Å². The zero-order chi connectivity index (χ0) is 17.4. The van der Waals surface area contributed by atoms with Crippen LogP contribution in [-0.2, 0) is 14.9 Å². The molecule has 0 aliphatic heterocycles. The molecule has 0 fully saturated rings. The van der Waals surface area contributed by atoms with E-state index in [1.165, 1.54) is 4.57 Å². The van der Waals surface area contributed by atoms with Crippen LogP contribution in [-0.4, -0.2) is 28.3 Å². The van der Waals surface area contributed by atoms with Crippen molar-refractivity contribution < 1.29 is 19.4 Å². The van der Waals surface area contributed by atoms with Crippen molar-refractivity contribution in [2.45, 2.75) is 46.0 Å². The van der Waals surface area contributed by atoms with Gasteiger partial charge >= 0.3 is 12.1 Å². The van der Waals surface area contributed by atoms with Gasteiger partial charge in [0.1, 0.15) is 0 Å². The van der Waals surface area contributed by atoms with Crippen LogP contribution in [0.2, 0.25) is 0 Å². The Morgan fingerprint density at radius 3 is 2.39 bits per heavy atom. The van der Waals surface area contributed by atoms with Crippen molar-refractivity contribution in [2.75, 3.05) is 6.61 Å². The van der Waals surface area contributed by atoms with Crippen molar-refractivity contribution in [1.29, 1.82) is 0 Å². The van der Waals surface area contributed by atoms with Crippen molar-refractivity contribution >= 4 is 23.0 Å². The predicted octanol–water partition coefficient (Wildman–Crippen LogP) is 4.13. The molecular formula is C18H23NO4. The number of esters is 1. The molecule has 2 aromatic rings. The number of para-hydroxylation sites is 1. The van der Waals surface area contributed by atoms with Gasteiger partial charge in [0.05, 0.1) is 18.0 Å². The lowest BCUT2D eigenvalue weighted by Gasteiger charge is -2.23. The number of ether oxygens (including phenoxy) is 1. The monoisotopic (exact) mass is 317 g/mol. The van der Waals surface area contributed by atoms with E-state index < -0.39 is 18.0 Å². The summed E-state index contributed by atoms with van der Waals surface area (Å²) in [6.07, 6.45) is -1.09. The SMILES string of the molecule is CCOC(=O)C(C)c1c(C(C)(C)C)c2ccccc2n1C(=O)O. The maximum Gasteiger partial charge on any atom is 0.416 e. The molecule has 0 amide bonds. The smallest absolute Gasteiger partial charge is 0.416 e. The maximum absolute atomic E-state index is 12.2. The number of fused-ring (bicyclic) bond motifs is 1. The van der Waals surface area contributed by atoms with Gasteiger partial charge in [-0.3, -0.25) is 4.79 Å². The molecule has 5 heteroatoms. The summed E-state index contributed by atoms with van der Waals surface area (Å²) in [7, 11) is 0. The van der Waals surface area contributed by atoms with Gasteiger partial charge in [-0.1, -0.05) is 39.0 Å². The molecule has 23 heavy (non-hydrogen) atoms. The molecule has 1 atom stereocenters. The molecule has 0 radical (unpaired) electrons. The second-order valence-electron chi connectivity index (χ2n) is 6.62. The van der Waals surface area contributed by atoms with E-state index in [2.05, 4.69) is 0 Å². The maximum atomic E-state index is 12.2. The van der Waals surface area contributed by atoms with Gasteiger partial charge in [-0.05, 0) is 30.9 Å². The second kappa shape index (κ2) is 6.07. The molecule has 0 saturated heterocycles. The van der Waals surface area contributed by atoms with Crippen molar-refractivity contribution in [3.05, 3.63) is 35.5 Å². The molecule has 1 aromatic heterocycles. The largest absolute Gasteiger partial charge is 0.465 e. The Balaban J connectivity index is 2.87. The van der Waals surface area contributed by atoms with Crippen LogP contribution in [0, 0.1) is 0 Å². The number of hydrogen-bond donors (Lipinski definition) is 1. The number of aromatic nitrogens is 1. The van der Waals surface area contributed by atoms with Crippen LogP contribution < -0.4 is 0 Å². The van der Waals surface area contributed by atoms with E-state index in [4.69, 9.17) is 4.74 Å². The van der Waals surface area contributed by atoms with Gasteiger partial charge in [0.15, 0.2) is 0 Å². The van der Waals surface area contributed by atoms with Crippen LogP contribution in [0.25, 0.3) is 10.9 Å². The molecule has 1 aromatic carbocycles. The molecule has 0 saturated carbocycles. The fourth-order valence-corrected chi connectivity index (χ4v) is 3.04. The van der Waals surface area contributed by atoms with Crippen LogP contribution in [0.1, 0.15) is 51.8 Å². The minimum Gasteiger partial charge on any atom is -0.465 e. The van der Waals surface area contributed by atoms with E-state index >= 15 is 0 Å². The summed E-state index contributed by atoms with van der Waals surface area (Å²) in [5.41, 5.74) is 1.65. The van der Waals surface area contributed by atoms with Crippen LogP contribution >= 0.6 is 0 Å². The number of carbonyl (C=O) groups excluding carboxylic acids is 1. The molecule has 1 unspecified atom stereocenters. The molecule has 0 spiro atoms. The normalized spacial score (nSPS) is 13.1. The highest BCUT2D eigenvalue weighted by Crippen LogP contribution is 2.39. The average Bonchev–Trinajstić information content (AvgIpc) is 2.81. The van der Waals surface area contributed by atoms with Crippen LogP contribution in [0.3, 0.4) is 0 Å². The number of benzene rings is 1. The first-order chi connectivity index (χ1) is 10.7. The highest BCUT2D eigenvalue weighted by atomic mass is 16.5. The number of carbonyl (C=O) groups is 2. The zero-order valence-electron chi connectivity index (χ0n) is 14.2. The van der Waals surface area contributed by atoms with Crippen molar-refractivity contribution in [3.63, 3.8) is 0 Å². The number of rotatable bonds is 3. The Morgan fingerprint density at radius 2 is 1.87 bits per heavy atom. The number of hydrogen-bond acceptors (Lipinski definition) is 3. The average molecular weight is 317 g/mol. The molecule has 0 aliphatic carbocycles. The summed E-state index contributed by atoms with van der Waals surface area (Å²) in [4.78, 5) is 24.1. The van der Waals surface area contributed by atoms with Gasteiger partial charge in [-0.25, -0.2) is 9.36 Å². The fourth-order valence-electron chi connectivity index (χ4n) is 3.04. The topological polar surface area (TPSA) is 68.5 Å². The van der Waals surface area contributed by atoms with E-state index in [1.54, 1.807) is 26.0 Å². The standard InChI is InChI=1S/C18H23NO4/c1-6-23-16(20)11(2)15-14(18(3,4)5)12-9-7-8-10-13(12)19(15)17(21)22/h7-11H,6H2,1-5H3,(H,21,22). The summed E-state index contributed by atoms with van der Waals surface area (Å²) >= 11 is 0. The van der Waals surface area contributed by atoms with E-state index in [-0.39, 0.29) is 12.0 Å². The number of carboxylic acid groups (broad SMARTS) is 1. The summed E-state index contributed by atoms with van der Waals surface area (Å²) in [6, 6.07) is 7.34. The lowest BCUT2D eigenvalue weighted by atomic mass is 9.82. The minimum absolute atomic E-state index is 0.265. The molecule has 5 nitrogen and oxygen atoms in total. The van der Waals surface area contributed by atoms with Gasteiger partial charge in [0.2, 0.25) is 0 Å². The van der Waals surface area contributed by atoms with Gasteiger partial charge in [-0.15, -0.1) is 0 Å². The molecule has 1 N–H and O–H groups in total. The third kappa shape index (κ3) is 2.96. The van der Waals surface area contributed by atoms with Gasteiger partial charge in [0.25, 0.3) is 0 Å². The summed E-state index contributed by atoms with van der Waals surface area (Å²) in [5, 5.41) is 10.6. The predicted molar refractivity (Wildman–Crippen MR) is 89.1 cm³/mol. The Bertz CT molecular complexity index is 752. The number of nitrogens with zero attached hydrogens (tertiary/aromatic N) is 1. The summed E-state index contributed by atoms with van der Waals surface area (Å²) in [5.74, 6) is -1.07. The van der Waals surface area contributed by atoms with E-state index in [0.717, 1.165) is 10.9 Å². The van der Waals surface area contributed by atoms with Gasteiger partial charge < -0.3 is 9.84 Å². The van der Waals surface area contributed by atoms with Gasteiger partial charge in [0, 0.05) is 11.1 Å². The molecule has 0 aliphatic rings. The molecule has 1 heterocycles. The fraction of sp³-hybridized carbons (Fsp3) is 0.444. The summed E-state index contributed by atoms with van der Waals surface area (Å²) < 4.78 is 6.33. The van der Waals surface area contributed by atoms with Crippen molar-refractivity contribution in [1.82, 2.24) is 4.57 Å². The van der Waals surface area contributed by atoms with Crippen LogP contribution in [0.4, 0.5) is 4.79 Å². The quantitative estimate of drug-likeness (QED) is 0.864. The Hall–Kier alpha value is -2.30. The van der Waals surface area contributed by atoms with Crippen LogP contribution in [0.15, 0.2) is 24.3 Å². The lowest BCUT2D eigenvalue weighted by Crippen LogP contribution is -2.24. The first-order valence-electron chi connectivity index (χ1n) is 7.73. The molecule has 0 bridgehead atoms. The van der Waals surface area contributed by atoms with Crippen LogP contribution in [0.5, 0.6) is 0 Å². The van der Waals surface area contributed by atoms with E-state index in [0.29, 0.717) is 11.2 Å². The highest BCUT2D eigenvalue weighted by molar-refractivity contribution is 5.96. The Labute approximate surface area is 135 Å². The Morgan fingerprint density at radius 1 is 1.26 bits per heavy atom. The lowest BCUT2D eigenvalue weighted by molar-refractivity contribution is -0.144. The third-order valence-electron chi connectivity index (χ3n) is 3.90. The molecule has 124 valence electrons. The zero-order valence-corrected chi connectivity index (χ0v) is 14.2. The Kier molecular flexibility index (Phi) is 4.50. The van der Waals surface area contributed by atoms with E-state index in [1.807, 2.05) is 32.9 Å².